The maximum atomic E-state index is 12.1. The van der Waals surface area contributed by atoms with Gasteiger partial charge in [-0.2, -0.15) is 0 Å². The van der Waals surface area contributed by atoms with Crippen LogP contribution < -0.4 is 0 Å². The smallest absolute Gasteiger partial charge is 0.227 e. The van der Waals surface area contributed by atoms with Gasteiger partial charge < -0.3 is 10.0 Å². The number of rotatable bonds is 5. The van der Waals surface area contributed by atoms with Crippen molar-refractivity contribution >= 4 is 5.91 Å². The van der Waals surface area contributed by atoms with Crippen molar-refractivity contribution in [2.24, 2.45) is 0 Å². The molecule has 1 amide bonds. The zero-order valence-corrected chi connectivity index (χ0v) is 10.4. The summed E-state index contributed by atoms with van der Waals surface area (Å²) >= 11 is 0. The van der Waals surface area contributed by atoms with Crippen molar-refractivity contribution < 1.29 is 9.90 Å². The lowest BCUT2D eigenvalue weighted by Gasteiger charge is -2.25. The first-order valence-electron chi connectivity index (χ1n) is 5.73. The van der Waals surface area contributed by atoms with Crippen LogP contribution in [0.5, 0.6) is 5.75 Å². The van der Waals surface area contributed by atoms with E-state index in [0.29, 0.717) is 12.1 Å². The van der Waals surface area contributed by atoms with Crippen molar-refractivity contribution in [3.8, 4) is 5.75 Å². The molecule has 0 aliphatic rings. The molecule has 1 N–H and O–H groups in total. The minimum atomic E-state index is 0.00130. The summed E-state index contributed by atoms with van der Waals surface area (Å²) < 4.78 is 0. The second kappa shape index (κ2) is 6.09. The molecule has 3 heteroatoms. The molecule has 0 atom stereocenters. The van der Waals surface area contributed by atoms with Gasteiger partial charge >= 0.3 is 0 Å². The highest BCUT2D eigenvalue weighted by Crippen LogP contribution is 2.17. The third-order valence-corrected chi connectivity index (χ3v) is 2.60. The van der Waals surface area contributed by atoms with E-state index in [0.717, 1.165) is 0 Å². The van der Waals surface area contributed by atoms with Crippen LogP contribution in [0.15, 0.2) is 36.9 Å². The largest absolute Gasteiger partial charge is 0.508 e. The quantitative estimate of drug-likeness (QED) is 0.793. The molecule has 0 saturated carbocycles. The molecule has 0 spiro atoms. The minimum Gasteiger partial charge on any atom is -0.508 e. The lowest BCUT2D eigenvalue weighted by molar-refractivity contribution is -0.131. The average molecular weight is 233 g/mol. The predicted octanol–water partition coefficient (Wildman–Crippen LogP) is 2.36. The van der Waals surface area contributed by atoms with Crippen LogP contribution in [0.1, 0.15) is 19.4 Å². The Kier molecular flexibility index (Phi) is 4.76. The molecule has 17 heavy (non-hydrogen) atoms. The van der Waals surface area contributed by atoms with E-state index < -0.39 is 0 Å². The van der Waals surface area contributed by atoms with Crippen LogP contribution in [-0.2, 0) is 11.2 Å². The number of benzene rings is 1. The molecule has 3 nitrogen and oxygen atoms in total. The summed E-state index contributed by atoms with van der Waals surface area (Å²) in [6.45, 7) is 8.11. The first-order valence-corrected chi connectivity index (χ1v) is 5.73. The van der Waals surface area contributed by atoms with E-state index in [1.807, 2.05) is 19.9 Å². The van der Waals surface area contributed by atoms with Gasteiger partial charge in [-0.1, -0.05) is 24.3 Å². The molecular weight excluding hydrogens is 214 g/mol. The molecular formula is C14H19NO2. The Bertz CT molecular complexity index is 399. The second-order valence-electron chi connectivity index (χ2n) is 4.23. The number of carbonyl (C=O) groups is 1. The molecule has 0 aliphatic heterocycles. The van der Waals surface area contributed by atoms with Gasteiger partial charge in [-0.3, -0.25) is 4.79 Å². The van der Waals surface area contributed by atoms with Crippen LogP contribution in [-0.4, -0.2) is 28.5 Å². The highest BCUT2D eigenvalue weighted by atomic mass is 16.3. The second-order valence-corrected chi connectivity index (χ2v) is 4.23. The van der Waals surface area contributed by atoms with Crippen molar-refractivity contribution in [2.75, 3.05) is 6.54 Å². The van der Waals surface area contributed by atoms with Gasteiger partial charge in [0.15, 0.2) is 0 Å². The highest BCUT2D eigenvalue weighted by Gasteiger charge is 2.16. The summed E-state index contributed by atoms with van der Waals surface area (Å²) in [5.41, 5.74) is 0.659. The Labute approximate surface area is 102 Å². The molecule has 0 heterocycles. The van der Waals surface area contributed by atoms with Crippen LogP contribution in [0, 0.1) is 0 Å². The third kappa shape index (κ3) is 3.63. The van der Waals surface area contributed by atoms with Crippen molar-refractivity contribution in [3.63, 3.8) is 0 Å². The van der Waals surface area contributed by atoms with Gasteiger partial charge in [-0.05, 0) is 19.9 Å². The molecule has 0 fully saturated rings. The Balaban J connectivity index is 2.77. The van der Waals surface area contributed by atoms with E-state index >= 15 is 0 Å². The van der Waals surface area contributed by atoms with E-state index in [1.54, 1.807) is 29.2 Å². The van der Waals surface area contributed by atoms with Crippen LogP contribution in [0.3, 0.4) is 0 Å². The van der Waals surface area contributed by atoms with Crippen LogP contribution in [0.4, 0.5) is 0 Å². The van der Waals surface area contributed by atoms with Gasteiger partial charge in [0.05, 0.1) is 6.42 Å². The van der Waals surface area contributed by atoms with Gasteiger partial charge in [0.2, 0.25) is 5.91 Å². The number of nitrogens with zero attached hydrogens (tertiary/aromatic N) is 1. The van der Waals surface area contributed by atoms with Gasteiger partial charge in [0, 0.05) is 18.2 Å². The topological polar surface area (TPSA) is 40.5 Å². The standard InChI is InChI=1S/C14H19NO2/c1-4-9-15(11(2)3)14(17)10-12-7-5-6-8-13(12)16/h4-8,11,16H,1,9-10H2,2-3H3. The van der Waals surface area contributed by atoms with Crippen molar-refractivity contribution in [1.82, 2.24) is 4.90 Å². The SMILES string of the molecule is C=CCN(C(=O)Cc1ccccc1O)C(C)C. The number of phenolic OH excluding ortho intramolecular Hbond substituents is 1. The Morgan fingerprint density at radius 2 is 2.12 bits per heavy atom. The molecule has 0 saturated heterocycles. The highest BCUT2D eigenvalue weighted by molar-refractivity contribution is 5.79. The number of carbonyl (C=O) groups excluding carboxylic acids is 1. The molecule has 1 rings (SSSR count). The molecule has 0 aromatic heterocycles. The Morgan fingerprint density at radius 1 is 1.47 bits per heavy atom. The summed E-state index contributed by atoms with van der Waals surface area (Å²) in [6.07, 6.45) is 1.93. The lowest BCUT2D eigenvalue weighted by atomic mass is 10.1. The number of hydrogen-bond donors (Lipinski definition) is 1. The minimum absolute atomic E-state index is 0.00130. The fourth-order valence-corrected chi connectivity index (χ4v) is 1.66. The zero-order valence-electron chi connectivity index (χ0n) is 10.4. The maximum absolute atomic E-state index is 12.1. The van der Waals surface area contributed by atoms with E-state index in [1.165, 1.54) is 0 Å². The summed E-state index contributed by atoms with van der Waals surface area (Å²) in [5.74, 6) is 0.171. The van der Waals surface area contributed by atoms with Gasteiger partial charge in [-0.15, -0.1) is 6.58 Å². The summed E-state index contributed by atoms with van der Waals surface area (Å²) in [4.78, 5) is 13.8. The van der Waals surface area contributed by atoms with Gasteiger partial charge in [0.25, 0.3) is 0 Å². The average Bonchev–Trinajstić information content (AvgIpc) is 2.28. The zero-order chi connectivity index (χ0) is 12.8. The maximum Gasteiger partial charge on any atom is 0.227 e. The van der Waals surface area contributed by atoms with Crippen molar-refractivity contribution in [1.29, 1.82) is 0 Å². The molecule has 1 aromatic carbocycles. The van der Waals surface area contributed by atoms with E-state index in [2.05, 4.69) is 6.58 Å². The predicted molar refractivity (Wildman–Crippen MR) is 68.9 cm³/mol. The molecule has 1 aromatic rings. The molecule has 0 unspecified atom stereocenters. The number of phenols is 1. The van der Waals surface area contributed by atoms with E-state index in [9.17, 15) is 9.90 Å². The molecule has 0 aliphatic carbocycles. The van der Waals surface area contributed by atoms with Crippen molar-refractivity contribution in [3.05, 3.63) is 42.5 Å². The number of hydrogen-bond acceptors (Lipinski definition) is 2. The summed E-state index contributed by atoms with van der Waals surface area (Å²) in [6, 6.07) is 7.05. The molecule has 0 radical (unpaired) electrons. The Morgan fingerprint density at radius 3 is 2.65 bits per heavy atom. The number of amides is 1. The number of para-hydroxylation sites is 1. The van der Waals surface area contributed by atoms with Gasteiger partial charge in [0.1, 0.15) is 5.75 Å². The first kappa shape index (κ1) is 13.3. The summed E-state index contributed by atoms with van der Waals surface area (Å²) in [5, 5.41) is 9.62. The van der Waals surface area contributed by atoms with Crippen molar-refractivity contribution in [2.45, 2.75) is 26.3 Å². The number of aromatic hydroxyl groups is 1. The normalized spacial score (nSPS) is 10.3. The summed E-state index contributed by atoms with van der Waals surface area (Å²) in [7, 11) is 0. The van der Waals surface area contributed by atoms with E-state index in [4.69, 9.17) is 0 Å². The first-order chi connectivity index (χ1) is 8.06. The van der Waals surface area contributed by atoms with Crippen LogP contribution in [0.25, 0.3) is 0 Å². The Hall–Kier alpha value is -1.77. The van der Waals surface area contributed by atoms with Crippen LogP contribution in [0.2, 0.25) is 0 Å². The molecule has 92 valence electrons. The van der Waals surface area contributed by atoms with E-state index in [-0.39, 0.29) is 24.1 Å². The van der Waals surface area contributed by atoms with Gasteiger partial charge in [-0.25, -0.2) is 0 Å². The lowest BCUT2D eigenvalue weighted by Crippen LogP contribution is -2.38. The molecule has 0 bridgehead atoms. The third-order valence-electron chi connectivity index (χ3n) is 2.60. The fraction of sp³-hybridized carbons (Fsp3) is 0.357. The van der Waals surface area contributed by atoms with Crippen LogP contribution >= 0.6 is 0 Å². The monoisotopic (exact) mass is 233 g/mol. The fourth-order valence-electron chi connectivity index (χ4n) is 1.66.